The first kappa shape index (κ1) is 24.3. The summed E-state index contributed by atoms with van der Waals surface area (Å²) in [6.07, 6.45) is 7.38. The number of hydrogen-bond acceptors (Lipinski definition) is 7. The molecule has 0 spiro atoms. The van der Waals surface area contributed by atoms with Gasteiger partial charge in [0.05, 0.1) is 22.2 Å². The van der Waals surface area contributed by atoms with Crippen LogP contribution in [0.25, 0.3) is 0 Å². The van der Waals surface area contributed by atoms with E-state index in [2.05, 4.69) is 39.4 Å². The van der Waals surface area contributed by atoms with Crippen molar-refractivity contribution in [2.45, 2.75) is 57.0 Å². The summed E-state index contributed by atoms with van der Waals surface area (Å²) in [5.41, 5.74) is 3.42. The smallest absolute Gasteiger partial charge is 0.270 e. The number of fused-ring (bicyclic) bond motifs is 1. The lowest BCUT2D eigenvalue weighted by molar-refractivity contribution is -0.384. The number of carbonyl (C=O) groups excluding carboxylic acids is 1. The number of carbonyl (C=O) groups is 1. The Morgan fingerprint density at radius 1 is 1.06 bits per heavy atom. The number of benzene rings is 2. The molecular weight excluding hydrogens is 454 g/mol. The van der Waals surface area contributed by atoms with E-state index < -0.39 is 4.92 Å². The number of nitriles is 1. The predicted octanol–water partition coefficient (Wildman–Crippen LogP) is 4.53. The molecule has 36 heavy (non-hydrogen) atoms. The Labute approximate surface area is 212 Å². The van der Waals surface area contributed by atoms with Gasteiger partial charge in [-0.05, 0) is 43.4 Å². The van der Waals surface area contributed by atoms with Gasteiger partial charge in [0.1, 0.15) is 6.07 Å². The molecule has 2 aliphatic heterocycles. The van der Waals surface area contributed by atoms with E-state index in [1.54, 1.807) is 6.07 Å². The van der Waals surface area contributed by atoms with E-state index in [1.807, 2.05) is 6.07 Å². The number of ketones is 1. The van der Waals surface area contributed by atoms with Gasteiger partial charge in [0.2, 0.25) is 0 Å². The molecule has 2 unspecified atom stereocenters. The molecular formula is C28H33N5O3. The number of piperazine rings is 1. The predicted molar refractivity (Wildman–Crippen MR) is 139 cm³/mol. The third-order valence-corrected chi connectivity index (χ3v) is 8.12. The topological polar surface area (TPSA) is 103 Å². The number of non-ortho nitro benzene ring substituents is 1. The molecule has 0 bridgehead atoms. The van der Waals surface area contributed by atoms with Gasteiger partial charge in [-0.1, -0.05) is 37.5 Å². The molecule has 8 heteroatoms. The van der Waals surface area contributed by atoms with Crippen LogP contribution in [-0.2, 0) is 11.2 Å². The quantitative estimate of drug-likeness (QED) is 0.472. The van der Waals surface area contributed by atoms with E-state index >= 15 is 0 Å². The number of nitrogens with one attached hydrogen (secondary N) is 1. The Hall–Kier alpha value is -3.44. The first-order chi connectivity index (χ1) is 17.5. The van der Waals surface area contributed by atoms with Crippen molar-refractivity contribution in [3.8, 4) is 6.07 Å². The summed E-state index contributed by atoms with van der Waals surface area (Å²) in [4.78, 5) is 29.1. The van der Waals surface area contributed by atoms with Crippen LogP contribution in [0, 0.1) is 27.4 Å². The molecule has 0 radical (unpaired) electrons. The van der Waals surface area contributed by atoms with Crippen molar-refractivity contribution in [3.05, 3.63) is 63.7 Å². The average Bonchev–Trinajstić information content (AvgIpc) is 2.93. The van der Waals surface area contributed by atoms with Crippen molar-refractivity contribution < 1.29 is 9.72 Å². The molecule has 2 heterocycles. The highest BCUT2D eigenvalue weighted by Gasteiger charge is 2.40. The normalized spacial score (nSPS) is 21.6. The molecule has 1 saturated heterocycles. The third kappa shape index (κ3) is 4.93. The molecule has 188 valence electrons. The lowest BCUT2D eigenvalue weighted by atomic mass is 9.80. The summed E-state index contributed by atoms with van der Waals surface area (Å²) in [5, 5.41) is 24.4. The van der Waals surface area contributed by atoms with E-state index in [0.29, 0.717) is 37.5 Å². The van der Waals surface area contributed by atoms with Crippen LogP contribution < -0.4 is 10.2 Å². The highest BCUT2D eigenvalue weighted by atomic mass is 16.6. The Balaban J connectivity index is 1.34. The lowest BCUT2D eigenvalue weighted by Crippen LogP contribution is -2.60. The molecule has 2 fully saturated rings. The Kier molecular flexibility index (Phi) is 7.19. The minimum Gasteiger partial charge on any atom is -0.380 e. The molecule has 8 nitrogen and oxygen atoms in total. The van der Waals surface area contributed by atoms with Gasteiger partial charge in [-0.25, -0.2) is 0 Å². The fourth-order valence-electron chi connectivity index (χ4n) is 6.20. The molecule has 1 saturated carbocycles. The molecule has 1 aliphatic carbocycles. The number of Topliss-reactive ketones (excluding diaryl/α,β-unsaturated/α-hetero) is 1. The Morgan fingerprint density at radius 3 is 2.53 bits per heavy atom. The standard InChI is InChI=1S/C28H33N5O3/c29-19-22-18-23(33(35)36)11-13-26(22)31-14-16-32(17-15-31)27(28(34)21-7-2-1-3-8-21)25-12-10-20-6-4-5-9-24(20)30-25/h4-6,9,11,13,18,21,25,27,30H,1-3,7-8,10,12,14-17H2. The lowest BCUT2D eigenvalue weighted by Gasteiger charge is -2.45. The second-order valence-corrected chi connectivity index (χ2v) is 10.2. The third-order valence-electron chi connectivity index (χ3n) is 8.12. The monoisotopic (exact) mass is 487 g/mol. The zero-order valence-electron chi connectivity index (χ0n) is 20.6. The van der Waals surface area contributed by atoms with Crippen molar-refractivity contribution in [3.63, 3.8) is 0 Å². The van der Waals surface area contributed by atoms with Gasteiger partial charge in [0.25, 0.3) is 5.69 Å². The first-order valence-electron chi connectivity index (χ1n) is 13.1. The zero-order valence-corrected chi connectivity index (χ0v) is 20.6. The maximum absolute atomic E-state index is 14.0. The molecule has 0 aromatic heterocycles. The van der Waals surface area contributed by atoms with Crippen LogP contribution >= 0.6 is 0 Å². The van der Waals surface area contributed by atoms with Crippen LogP contribution in [0.2, 0.25) is 0 Å². The van der Waals surface area contributed by atoms with Gasteiger partial charge in [-0.3, -0.25) is 19.8 Å². The van der Waals surface area contributed by atoms with E-state index in [1.165, 1.54) is 24.1 Å². The van der Waals surface area contributed by atoms with Crippen molar-refractivity contribution in [2.75, 3.05) is 36.4 Å². The van der Waals surface area contributed by atoms with E-state index in [4.69, 9.17) is 0 Å². The minimum atomic E-state index is -0.473. The maximum Gasteiger partial charge on any atom is 0.270 e. The summed E-state index contributed by atoms with van der Waals surface area (Å²) in [7, 11) is 0. The van der Waals surface area contributed by atoms with Gasteiger partial charge in [-0.15, -0.1) is 0 Å². The van der Waals surface area contributed by atoms with Crippen molar-refractivity contribution in [2.24, 2.45) is 5.92 Å². The van der Waals surface area contributed by atoms with E-state index in [-0.39, 0.29) is 23.7 Å². The van der Waals surface area contributed by atoms with Gasteiger partial charge in [0, 0.05) is 56.0 Å². The summed E-state index contributed by atoms with van der Waals surface area (Å²) >= 11 is 0. The number of nitro benzene ring substituents is 1. The van der Waals surface area contributed by atoms with Crippen LogP contribution in [0.1, 0.15) is 49.7 Å². The van der Waals surface area contributed by atoms with Gasteiger partial charge >= 0.3 is 0 Å². The number of anilines is 2. The van der Waals surface area contributed by atoms with Crippen LogP contribution in [0.15, 0.2) is 42.5 Å². The second kappa shape index (κ2) is 10.7. The van der Waals surface area contributed by atoms with Gasteiger partial charge in [0.15, 0.2) is 5.78 Å². The number of para-hydroxylation sites is 1. The van der Waals surface area contributed by atoms with Crippen molar-refractivity contribution in [1.29, 1.82) is 5.26 Å². The average molecular weight is 488 g/mol. The molecule has 5 rings (SSSR count). The minimum absolute atomic E-state index is 0.0734. The van der Waals surface area contributed by atoms with Crippen LogP contribution in [0.3, 0.4) is 0 Å². The Bertz CT molecular complexity index is 1160. The molecule has 3 aliphatic rings. The van der Waals surface area contributed by atoms with Crippen molar-refractivity contribution >= 4 is 22.8 Å². The summed E-state index contributed by atoms with van der Waals surface area (Å²) < 4.78 is 0. The molecule has 2 aromatic rings. The number of hydrogen-bond donors (Lipinski definition) is 1. The first-order valence-corrected chi connectivity index (χ1v) is 13.1. The fraction of sp³-hybridized carbons (Fsp3) is 0.500. The maximum atomic E-state index is 14.0. The fourth-order valence-corrected chi connectivity index (χ4v) is 6.20. The summed E-state index contributed by atoms with van der Waals surface area (Å²) in [6.45, 7) is 2.77. The Morgan fingerprint density at radius 2 is 1.81 bits per heavy atom. The van der Waals surface area contributed by atoms with Gasteiger partial charge < -0.3 is 10.2 Å². The van der Waals surface area contributed by atoms with Crippen LogP contribution in [0.5, 0.6) is 0 Å². The van der Waals surface area contributed by atoms with Crippen molar-refractivity contribution in [1.82, 2.24) is 4.90 Å². The van der Waals surface area contributed by atoms with E-state index in [0.717, 1.165) is 49.9 Å². The number of rotatable bonds is 6. The van der Waals surface area contributed by atoms with E-state index in [9.17, 15) is 20.2 Å². The second-order valence-electron chi connectivity index (χ2n) is 10.2. The molecule has 2 atom stereocenters. The van der Waals surface area contributed by atoms with Crippen LogP contribution in [-0.4, -0.2) is 53.9 Å². The molecule has 1 N–H and O–H groups in total. The summed E-state index contributed by atoms with van der Waals surface area (Å²) in [5.74, 6) is 0.522. The number of nitro groups is 1. The largest absolute Gasteiger partial charge is 0.380 e. The number of nitrogens with zero attached hydrogens (tertiary/aromatic N) is 4. The summed E-state index contributed by atoms with van der Waals surface area (Å²) in [6, 6.07) is 14.9. The molecule has 0 amide bonds. The highest BCUT2D eigenvalue weighted by Crippen LogP contribution is 2.33. The molecule has 2 aromatic carbocycles. The zero-order chi connectivity index (χ0) is 25.1. The highest BCUT2D eigenvalue weighted by molar-refractivity contribution is 5.88. The SMILES string of the molecule is N#Cc1cc([N+](=O)[O-])ccc1N1CCN(C(C(=O)C2CCCCC2)C2CCc3ccccc3N2)CC1. The number of aryl methyl sites for hydroxylation is 1. The van der Waals surface area contributed by atoms with Gasteiger partial charge in [-0.2, -0.15) is 5.26 Å². The van der Waals surface area contributed by atoms with Crippen LogP contribution in [0.4, 0.5) is 17.1 Å².